The molecule has 0 amide bonds. The Morgan fingerprint density at radius 1 is 0.971 bits per heavy atom. The molecular weight excluding hydrogens is 484 g/mol. The number of carbonyl (C=O) groups is 2. The van der Waals surface area contributed by atoms with Gasteiger partial charge in [0.2, 0.25) is 5.43 Å². The molecule has 1 N–H and O–H groups in total. The molecule has 0 unspecified atom stereocenters. The molecule has 0 saturated heterocycles. The molecule has 5 rings (SSSR count). The average Bonchev–Trinajstić information content (AvgIpc) is 3.57. The molecule has 0 saturated carbocycles. The van der Waals surface area contributed by atoms with E-state index in [4.69, 9.17) is 9.15 Å². The minimum atomic E-state index is -1.00. The second-order valence-electron chi connectivity index (χ2n) is 7.59. The minimum absolute atomic E-state index is 0.214. The molecule has 0 aliphatic heterocycles. The van der Waals surface area contributed by atoms with Gasteiger partial charge in [0.15, 0.2) is 5.76 Å². The molecule has 0 radical (unpaired) electrons. The largest absolute Gasteiger partial charge is 0.477 e. The van der Waals surface area contributed by atoms with Crippen molar-refractivity contribution < 1.29 is 23.8 Å². The van der Waals surface area contributed by atoms with Crippen LogP contribution in [0.15, 0.2) is 80.6 Å². The van der Waals surface area contributed by atoms with Crippen molar-refractivity contribution in [2.75, 3.05) is 6.61 Å². The summed E-state index contributed by atoms with van der Waals surface area (Å²) in [6.45, 7) is 2.02. The van der Waals surface area contributed by atoms with Gasteiger partial charge in [0, 0.05) is 5.56 Å². The number of esters is 1. The molecule has 0 spiro atoms. The summed E-state index contributed by atoms with van der Waals surface area (Å²) >= 11 is 2.59. The van der Waals surface area contributed by atoms with Crippen LogP contribution in [0.25, 0.3) is 43.9 Å². The van der Waals surface area contributed by atoms with Crippen molar-refractivity contribution in [3.63, 3.8) is 0 Å². The van der Waals surface area contributed by atoms with E-state index in [0.29, 0.717) is 44.5 Å². The molecule has 8 heteroatoms. The number of carbonyl (C=O) groups excluding carboxylic acids is 1. The number of hydrogen-bond donors (Lipinski definition) is 1. The maximum absolute atomic E-state index is 13.7. The number of aromatic carboxylic acids is 1. The number of hydrogen-bond acceptors (Lipinski definition) is 7. The van der Waals surface area contributed by atoms with Crippen LogP contribution in [0.4, 0.5) is 0 Å². The Kier molecular flexibility index (Phi) is 6.07. The van der Waals surface area contributed by atoms with Gasteiger partial charge in [0.05, 0.1) is 28.0 Å². The Labute approximate surface area is 207 Å². The highest BCUT2D eigenvalue weighted by Crippen LogP contribution is 2.37. The quantitative estimate of drug-likeness (QED) is 0.257. The lowest BCUT2D eigenvalue weighted by molar-refractivity contribution is 0.0526. The van der Waals surface area contributed by atoms with Crippen molar-refractivity contribution in [3.05, 3.63) is 92.1 Å². The Balaban J connectivity index is 1.70. The Hall–Kier alpha value is -4.01. The fourth-order valence-corrected chi connectivity index (χ4v) is 5.36. The average molecular weight is 503 g/mol. The van der Waals surface area contributed by atoms with Gasteiger partial charge in [0.1, 0.15) is 10.5 Å². The summed E-state index contributed by atoms with van der Waals surface area (Å²) in [4.78, 5) is 38.3. The second-order valence-corrected chi connectivity index (χ2v) is 9.45. The Morgan fingerprint density at radius 2 is 1.74 bits per heavy atom. The van der Waals surface area contributed by atoms with Crippen molar-refractivity contribution in [1.29, 1.82) is 0 Å². The van der Waals surface area contributed by atoms with Crippen molar-refractivity contribution in [3.8, 4) is 32.9 Å². The summed E-state index contributed by atoms with van der Waals surface area (Å²) in [6.07, 6.45) is 0. The lowest BCUT2D eigenvalue weighted by atomic mass is 9.98. The van der Waals surface area contributed by atoms with Gasteiger partial charge in [-0.3, -0.25) is 4.79 Å². The van der Waals surface area contributed by atoms with Crippen molar-refractivity contribution in [1.82, 2.24) is 0 Å². The molecule has 0 bridgehead atoms. The standard InChI is InChI=1S/C27H18O6S2/c1-2-32-27(31)16-7-5-15(6-8-16)22-23(28)19-10-9-17(18-11-13-35-25(18)26(29)30)14-20(19)33-24(22)21-4-3-12-34-21/h3-14H,2H2,1H3,(H,29,30). The van der Waals surface area contributed by atoms with Crippen LogP contribution in [0.2, 0.25) is 0 Å². The van der Waals surface area contributed by atoms with Crippen LogP contribution in [0.5, 0.6) is 0 Å². The summed E-state index contributed by atoms with van der Waals surface area (Å²) in [6, 6.07) is 17.3. The zero-order valence-electron chi connectivity index (χ0n) is 18.4. The first-order valence-corrected chi connectivity index (χ1v) is 12.5. The maximum Gasteiger partial charge on any atom is 0.346 e. The third kappa shape index (κ3) is 4.18. The van der Waals surface area contributed by atoms with Crippen LogP contribution >= 0.6 is 22.7 Å². The number of rotatable bonds is 6. The molecule has 6 nitrogen and oxygen atoms in total. The Morgan fingerprint density at radius 3 is 2.43 bits per heavy atom. The third-order valence-corrected chi connectivity index (χ3v) is 7.26. The van der Waals surface area contributed by atoms with Crippen LogP contribution in [-0.4, -0.2) is 23.7 Å². The summed E-state index contributed by atoms with van der Waals surface area (Å²) in [5, 5.41) is 13.5. The monoisotopic (exact) mass is 502 g/mol. The maximum atomic E-state index is 13.7. The van der Waals surface area contributed by atoms with Gasteiger partial charge in [-0.2, -0.15) is 0 Å². The highest BCUT2D eigenvalue weighted by atomic mass is 32.1. The molecule has 3 heterocycles. The lowest BCUT2D eigenvalue weighted by Gasteiger charge is -2.11. The molecule has 0 fully saturated rings. The van der Waals surface area contributed by atoms with E-state index < -0.39 is 11.9 Å². The zero-order valence-corrected chi connectivity index (χ0v) is 20.1. The normalized spacial score (nSPS) is 11.0. The van der Waals surface area contributed by atoms with Gasteiger partial charge in [0.25, 0.3) is 0 Å². The van der Waals surface area contributed by atoms with E-state index in [-0.39, 0.29) is 16.9 Å². The van der Waals surface area contributed by atoms with Gasteiger partial charge in [-0.15, -0.1) is 22.7 Å². The number of carboxylic acid groups (broad SMARTS) is 1. The number of ether oxygens (including phenoxy) is 1. The molecular formula is C27H18O6S2. The van der Waals surface area contributed by atoms with E-state index in [9.17, 15) is 19.5 Å². The first-order chi connectivity index (χ1) is 17.0. The molecule has 0 aliphatic carbocycles. The predicted molar refractivity (Wildman–Crippen MR) is 137 cm³/mol. The van der Waals surface area contributed by atoms with Gasteiger partial charge in [-0.25, -0.2) is 9.59 Å². The molecule has 2 aromatic carbocycles. The van der Waals surface area contributed by atoms with E-state index in [1.54, 1.807) is 60.8 Å². The second kappa shape index (κ2) is 9.32. The van der Waals surface area contributed by atoms with E-state index in [0.717, 1.165) is 16.2 Å². The molecule has 3 aromatic heterocycles. The first-order valence-electron chi connectivity index (χ1n) is 10.7. The molecule has 35 heavy (non-hydrogen) atoms. The van der Waals surface area contributed by atoms with Crippen LogP contribution in [-0.2, 0) is 4.74 Å². The lowest BCUT2D eigenvalue weighted by Crippen LogP contribution is -2.08. The zero-order chi connectivity index (χ0) is 24.5. The third-order valence-electron chi connectivity index (χ3n) is 5.49. The SMILES string of the molecule is CCOC(=O)c1ccc(-c2c(-c3cccs3)oc3cc(-c4ccsc4C(=O)O)ccc3c2=O)cc1. The van der Waals surface area contributed by atoms with Crippen LogP contribution < -0.4 is 5.43 Å². The van der Waals surface area contributed by atoms with E-state index in [2.05, 4.69) is 0 Å². The number of carboxylic acids is 1. The van der Waals surface area contributed by atoms with E-state index >= 15 is 0 Å². The molecule has 0 aliphatic rings. The van der Waals surface area contributed by atoms with Crippen molar-refractivity contribution >= 4 is 45.6 Å². The fourth-order valence-electron chi connectivity index (χ4n) is 3.89. The summed E-state index contributed by atoms with van der Waals surface area (Å²) in [5.74, 6) is -1.01. The minimum Gasteiger partial charge on any atom is -0.477 e. The molecule has 5 aromatic rings. The van der Waals surface area contributed by atoms with Crippen LogP contribution in [0, 0.1) is 0 Å². The predicted octanol–water partition coefficient (Wildman–Crippen LogP) is 6.79. The van der Waals surface area contributed by atoms with Crippen molar-refractivity contribution in [2.24, 2.45) is 0 Å². The summed E-state index contributed by atoms with van der Waals surface area (Å²) in [7, 11) is 0. The van der Waals surface area contributed by atoms with Gasteiger partial charge in [-0.05, 0) is 65.2 Å². The first kappa shape index (κ1) is 22.8. The van der Waals surface area contributed by atoms with E-state index in [1.165, 1.54) is 11.3 Å². The van der Waals surface area contributed by atoms with Crippen LogP contribution in [0.3, 0.4) is 0 Å². The molecule has 0 atom stereocenters. The van der Waals surface area contributed by atoms with Gasteiger partial charge in [-0.1, -0.05) is 24.3 Å². The fraction of sp³-hybridized carbons (Fsp3) is 0.0741. The van der Waals surface area contributed by atoms with Gasteiger partial charge < -0.3 is 14.3 Å². The van der Waals surface area contributed by atoms with Crippen molar-refractivity contribution in [2.45, 2.75) is 6.92 Å². The summed E-state index contributed by atoms with van der Waals surface area (Å²) in [5.41, 5.74) is 2.79. The van der Waals surface area contributed by atoms with Crippen LogP contribution in [0.1, 0.15) is 27.0 Å². The topological polar surface area (TPSA) is 93.8 Å². The smallest absolute Gasteiger partial charge is 0.346 e. The van der Waals surface area contributed by atoms with E-state index in [1.807, 2.05) is 17.5 Å². The summed E-state index contributed by atoms with van der Waals surface area (Å²) < 4.78 is 11.4. The van der Waals surface area contributed by atoms with Gasteiger partial charge >= 0.3 is 11.9 Å². The number of benzene rings is 2. The highest BCUT2D eigenvalue weighted by Gasteiger charge is 2.21. The number of fused-ring (bicyclic) bond motifs is 1. The molecule has 174 valence electrons. The Bertz CT molecular complexity index is 1610. The number of thiophene rings is 2. The highest BCUT2D eigenvalue weighted by molar-refractivity contribution is 7.13.